The van der Waals surface area contributed by atoms with Crippen LogP contribution in [0.3, 0.4) is 0 Å². The monoisotopic (exact) mass is 438 g/mol. The molecule has 0 unspecified atom stereocenters. The third kappa shape index (κ3) is 5.26. The highest BCUT2D eigenvalue weighted by Gasteiger charge is 2.26. The third-order valence-electron chi connectivity index (χ3n) is 4.73. The highest BCUT2D eigenvalue weighted by atomic mass is 16.6. The number of phenolic OH excluding ortho intramolecular Hbond substituents is 1. The Morgan fingerprint density at radius 2 is 1.72 bits per heavy atom. The van der Waals surface area contributed by atoms with Crippen LogP contribution >= 0.6 is 0 Å². The number of para-hydroxylation sites is 1. The highest BCUT2D eigenvalue weighted by Crippen LogP contribution is 2.24. The fraction of sp³-hybridized carbons (Fsp3) is 0.292. The molecule has 168 valence electrons. The van der Waals surface area contributed by atoms with Gasteiger partial charge in [0.25, 0.3) is 5.91 Å². The molecule has 0 aliphatic carbocycles. The highest BCUT2D eigenvalue weighted by molar-refractivity contribution is 5.97. The quantitative estimate of drug-likeness (QED) is 0.589. The van der Waals surface area contributed by atoms with Crippen molar-refractivity contribution in [3.8, 4) is 5.75 Å². The van der Waals surface area contributed by atoms with Crippen LogP contribution < -0.4 is 5.32 Å². The first-order valence-electron chi connectivity index (χ1n) is 10.1. The lowest BCUT2D eigenvalue weighted by atomic mass is 10.0. The predicted molar refractivity (Wildman–Crippen MR) is 119 cm³/mol. The van der Waals surface area contributed by atoms with Gasteiger partial charge < -0.3 is 19.9 Å². The average Bonchev–Trinajstić information content (AvgIpc) is 3.10. The summed E-state index contributed by atoms with van der Waals surface area (Å²) in [5.74, 6) is -1.08. The number of hydrogen-bond donors (Lipinski definition) is 2. The smallest absolute Gasteiger partial charge is 0.419 e. The molecular formula is C24H26N2O6. The van der Waals surface area contributed by atoms with Gasteiger partial charge in [-0.05, 0) is 56.7 Å². The number of amides is 1. The fourth-order valence-corrected chi connectivity index (χ4v) is 3.28. The van der Waals surface area contributed by atoms with E-state index in [4.69, 9.17) is 9.47 Å². The zero-order chi connectivity index (χ0) is 23.5. The van der Waals surface area contributed by atoms with Gasteiger partial charge in [-0.15, -0.1) is 0 Å². The summed E-state index contributed by atoms with van der Waals surface area (Å²) in [5, 5.41) is 12.8. The number of carbonyl (C=O) groups is 3. The minimum absolute atomic E-state index is 0.0287. The average molecular weight is 438 g/mol. The van der Waals surface area contributed by atoms with E-state index in [1.165, 1.54) is 35.9 Å². The van der Waals surface area contributed by atoms with Crippen LogP contribution in [0, 0.1) is 0 Å². The molecule has 1 amide bonds. The van der Waals surface area contributed by atoms with Crippen molar-refractivity contribution >= 4 is 28.9 Å². The fourth-order valence-electron chi connectivity index (χ4n) is 3.28. The molecule has 1 aromatic heterocycles. The van der Waals surface area contributed by atoms with Crippen molar-refractivity contribution in [2.75, 3.05) is 7.11 Å². The molecule has 0 saturated heterocycles. The number of aromatic hydroxyl groups is 1. The molecule has 8 nitrogen and oxygen atoms in total. The second-order valence-corrected chi connectivity index (χ2v) is 8.32. The van der Waals surface area contributed by atoms with Gasteiger partial charge in [0.1, 0.15) is 17.4 Å². The van der Waals surface area contributed by atoms with E-state index >= 15 is 0 Å². The number of benzene rings is 2. The summed E-state index contributed by atoms with van der Waals surface area (Å²) in [6.45, 7) is 5.34. The largest absolute Gasteiger partial charge is 0.508 e. The van der Waals surface area contributed by atoms with Crippen LogP contribution in [0.1, 0.15) is 36.7 Å². The topological polar surface area (TPSA) is 107 Å². The van der Waals surface area contributed by atoms with Crippen LogP contribution in [0.2, 0.25) is 0 Å². The maximum absolute atomic E-state index is 12.7. The van der Waals surface area contributed by atoms with Crippen molar-refractivity contribution in [3.63, 3.8) is 0 Å². The van der Waals surface area contributed by atoms with E-state index < -0.39 is 29.6 Å². The van der Waals surface area contributed by atoms with Crippen LogP contribution in [0.5, 0.6) is 5.75 Å². The third-order valence-corrected chi connectivity index (χ3v) is 4.73. The number of hydrogen-bond acceptors (Lipinski definition) is 6. The molecule has 0 bridgehead atoms. The van der Waals surface area contributed by atoms with E-state index in [2.05, 4.69) is 5.32 Å². The van der Waals surface area contributed by atoms with Crippen molar-refractivity contribution in [2.24, 2.45) is 0 Å². The number of nitrogens with one attached hydrogen (secondary N) is 1. The molecule has 3 rings (SSSR count). The molecule has 3 aromatic rings. The molecule has 0 saturated carbocycles. The Morgan fingerprint density at radius 1 is 1.06 bits per heavy atom. The van der Waals surface area contributed by atoms with Crippen LogP contribution in [0.15, 0.2) is 54.7 Å². The second kappa shape index (κ2) is 9.13. The van der Waals surface area contributed by atoms with Crippen molar-refractivity contribution < 1.29 is 29.0 Å². The van der Waals surface area contributed by atoms with E-state index in [-0.39, 0.29) is 17.7 Å². The summed E-state index contributed by atoms with van der Waals surface area (Å²) in [6.07, 6.45) is 1.18. The molecule has 0 aliphatic heterocycles. The molecule has 0 spiro atoms. The number of fused-ring (bicyclic) bond motifs is 1. The summed E-state index contributed by atoms with van der Waals surface area (Å²) < 4.78 is 11.8. The standard InChI is InChI=1S/C24H26N2O6/c1-24(2,3)32-23(30)26-14-16(18-7-5-6-8-20(18)26)13-19(22(29)31-4)25-21(28)15-9-11-17(27)12-10-15/h5-12,14,19,27H,13H2,1-4H3,(H,25,28)/t19-/m1/s1. The number of nitrogens with zero attached hydrogens (tertiary/aromatic N) is 1. The maximum atomic E-state index is 12.7. The summed E-state index contributed by atoms with van der Waals surface area (Å²) in [6, 6.07) is 11.9. The Balaban J connectivity index is 1.92. The van der Waals surface area contributed by atoms with Gasteiger partial charge in [0.2, 0.25) is 0 Å². The molecule has 32 heavy (non-hydrogen) atoms. The van der Waals surface area contributed by atoms with Gasteiger partial charge >= 0.3 is 12.1 Å². The summed E-state index contributed by atoms with van der Waals surface area (Å²) in [4.78, 5) is 37.8. The Kier molecular flexibility index (Phi) is 6.53. The summed E-state index contributed by atoms with van der Waals surface area (Å²) in [5.41, 5.74) is 0.918. The number of aromatic nitrogens is 1. The predicted octanol–water partition coefficient (Wildman–Crippen LogP) is 3.64. The normalized spacial score (nSPS) is 12.2. The number of methoxy groups -OCH3 is 1. The van der Waals surface area contributed by atoms with Gasteiger partial charge in [0.15, 0.2) is 0 Å². The van der Waals surface area contributed by atoms with Crippen LogP contribution in [-0.2, 0) is 20.7 Å². The Labute approximate surface area is 185 Å². The molecule has 1 heterocycles. The summed E-state index contributed by atoms with van der Waals surface area (Å²) in [7, 11) is 1.24. The molecule has 1 atom stereocenters. The zero-order valence-electron chi connectivity index (χ0n) is 18.4. The van der Waals surface area contributed by atoms with Crippen molar-refractivity contribution in [2.45, 2.75) is 38.8 Å². The SMILES string of the molecule is COC(=O)[C@@H](Cc1cn(C(=O)OC(C)(C)C)c2ccccc12)NC(=O)c1ccc(O)cc1. The molecule has 8 heteroatoms. The molecular weight excluding hydrogens is 412 g/mol. The number of esters is 1. The first kappa shape index (κ1) is 22.9. The number of carbonyl (C=O) groups excluding carboxylic acids is 3. The van der Waals surface area contributed by atoms with E-state index in [1.54, 1.807) is 39.1 Å². The molecule has 0 radical (unpaired) electrons. The minimum atomic E-state index is -0.987. The Hall–Kier alpha value is -3.81. The van der Waals surface area contributed by atoms with E-state index in [0.717, 1.165) is 5.39 Å². The Morgan fingerprint density at radius 3 is 2.34 bits per heavy atom. The number of rotatable bonds is 5. The van der Waals surface area contributed by atoms with Gasteiger partial charge in [-0.2, -0.15) is 0 Å². The van der Waals surface area contributed by atoms with Gasteiger partial charge in [-0.1, -0.05) is 18.2 Å². The first-order chi connectivity index (χ1) is 15.1. The maximum Gasteiger partial charge on any atom is 0.419 e. The van der Waals surface area contributed by atoms with Gasteiger partial charge in [0.05, 0.1) is 12.6 Å². The van der Waals surface area contributed by atoms with E-state index in [9.17, 15) is 19.5 Å². The van der Waals surface area contributed by atoms with Gasteiger partial charge in [-0.25, -0.2) is 9.59 Å². The molecule has 2 aromatic carbocycles. The minimum Gasteiger partial charge on any atom is -0.508 e. The number of ether oxygens (including phenoxy) is 2. The second-order valence-electron chi connectivity index (χ2n) is 8.32. The molecule has 2 N–H and O–H groups in total. The molecule has 0 aliphatic rings. The first-order valence-corrected chi connectivity index (χ1v) is 10.1. The van der Waals surface area contributed by atoms with E-state index in [1.807, 2.05) is 12.1 Å². The van der Waals surface area contributed by atoms with Crippen molar-refractivity contribution in [3.05, 3.63) is 65.9 Å². The van der Waals surface area contributed by atoms with Crippen molar-refractivity contribution in [1.29, 1.82) is 0 Å². The van der Waals surface area contributed by atoms with Crippen LogP contribution in [0.25, 0.3) is 10.9 Å². The van der Waals surface area contributed by atoms with Crippen LogP contribution in [0.4, 0.5) is 4.79 Å². The molecule has 0 fully saturated rings. The Bertz CT molecular complexity index is 1140. The van der Waals surface area contributed by atoms with Crippen molar-refractivity contribution in [1.82, 2.24) is 9.88 Å². The lowest BCUT2D eigenvalue weighted by Crippen LogP contribution is -2.43. The van der Waals surface area contributed by atoms with E-state index in [0.29, 0.717) is 11.1 Å². The lowest BCUT2D eigenvalue weighted by molar-refractivity contribution is -0.142. The zero-order valence-corrected chi connectivity index (χ0v) is 18.4. The van der Waals surface area contributed by atoms with Gasteiger partial charge in [-0.3, -0.25) is 9.36 Å². The van der Waals surface area contributed by atoms with Crippen LogP contribution in [-0.4, -0.2) is 46.4 Å². The lowest BCUT2D eigenvalue weighted by Gasteiger charge is -2.19. The number of phenols is 1. The summed E-state index contributed by atoms with van der Waals surface area (Å²) >= 11 is 0. The van der Waals surface area contributed by atoms with Gasteiger partial charge in [0, 0.05) is 23.6 Å².